The molecule has 0 saturated carbocycles. The van der Waals surface area contributed by atoms with Crippen LogP contribution in [0.5, 0.6) is 0 Å². The Morgan fingerprint density at radius 1 is 1.32 bits per heavy atom. The third-order valence-corrected chi connectivity index (χ3v) is 4.87. The normalized spacial score (nSPS) is 16.7. The van der Waals surface area contributed by atoms with E-state index in [2.05, 4.69) is 25.7 Å². The summed E-state index contributed by atoms with van der Waals surface area (Å²) in [7, 11) is 1.69. The van der Waals surface area contributed by atoms with Crippen molar-refractivity contribution in [3.63, 3.8) is 0 Å². The molecule has 2 N–H and O–H groups in total. The standard InChI is InChI=1S/C19H25N7O.H2S/c1-27-8-7-26-13-15(12-24-26)16-9-17-18(22-6-5-21-17)19(25-16)23-11-14-3-2-4-20-10-14;/h5-6,9,12-14,20H,2-4,7-8,10-11H2,1H3,(H,23,25);1H2. The van der Waals surface area contributed by atoms with Crippen molar-refractivity contribution >= 4 is 30.3 Å². The van der Waals surface area contributed by atoms with E-state index in [0.29, 0.717) is 19.1 Å². The first-order valence-corrected chi connectivity index (χ1v) is 9.41. The zero-order valence-electron chi connectivity index (χ0n) is 16.1. The Kier molecular flexibility index (Phi) is 7.18. The lowest BCUT2D eigenvalue weighted by Gasteiger charge is -2.23. The van der Waals surface area contributed by atoms with Crippen LogP contribution in [0, 0.1) is 5.92 Å². The maximum Gasteiger partial charge on any atom is 0.154 e. The highest BCUT2D eigenvalue weighted by molar-refractivity contribution is 7.59. The third kappa shape index (κ3) is 4.78. The zero-order valence-corrected chi connectivity index (χ0v) is 17.1. The van der Waals surface area contributed by atoms with Crippen LogP contribution in [-0.2, 0) is 11.3 Å². The first-order valence-electron chi connectivity index (χ1n) is 9.41. The van der Waals surface area contributed by atoms with Crippen LogP contribution in [0.25, 0.3) is 22.3 Å². The minimum absolute atomic E-state index is 0. The van der Waals surface area contributed by atoms with Crippen molar-refractivity contribution in [3.05, 3.63) is 30.9 Å². The van der Waals surface area contributed by atoms with E-state index < -0.39 is 0 Å². The van der Waals surface area contributed by atoms with Gasteiger partial charge in [-0.3, -0.25) is 9.67 Å². The molecule has 1 unspecified atom stereocenters. The lowest BCUT2D eigenvalue weighted by Crippen LogP contribution is -2.33. The fraction of sp³-hybridized carbons (Fsp3) is 0.474. The Labute approximate surface area is 171 Å². The molecule has 9 heteroatoms. The highest BCUT2D eigenvalue weighted by Crippen LogP contribution is 2.25. The van der Waals surface area contributed by atoms with E-state index in [4.69, 9.17) is 9.72 Å². The molecular weight excluding hydrogens is 374 g/mol. The summed E-state index contributed by atoms with van der Waals surface area (Å²) in [6.07, 6.45) is 9.69. The van der Waals surface area contributed by atoms with E-state index in [-0.39, 0.29) is 13.5 Å². The van der Waals surface area contributed by atoms with Gasteiger partial charge in [0.25, 0.3) is 0 Å². The zero-order chi connectivity index (χ0) is 18.5. The van der Waals surface area contributed by atoms with Gasteiger partial charge in [-0.05, 0) is 37.9 Å². The average molecular weight is 402 g/mol. The highest BCUT2D eigenvalue weighted by atomic mass is 32.1. The van der Waals surface area contributed by atoms with E-state index in [1.165, 1.54) is 12.8 Å². The maximum atomic E-state index is 5.12. The number of fused-ring (bicyclic) bond motifs is 1. The van der Waals surface area contributed by atoms with Crippen molar-refractivity contribution < 1.29 is 4.74 Å². The van der Waals surface area contributed by atoms with Crippen LogP contribution in [0.15, 0.2) is 30.9 Å². The molecule has 3 aromatic heterocycles. The van der Waals surface area contributed by atoms with Crippen molar-refractivity contribution in [1.29, 1.82) is 0 Å². The van der Waals surface area contributed by atoms with Gasteiger partial charge in [0.05, 0.1) is 30.6 Å². The van der Waals surface area contributed by atoms with Crippen LogP contribution in [0.4, 0.5) is 5.82 Å². The lowest BCUT2D eigenvalue weighted by molar-refractivity contribution is 0.183. The lowest BCUT2D eigenvalue weighted by atomic mass is 10.00. The largest absolute Gasteiger partial charge is 0.383 e. The number of piperidine rings is 1. The van der Waals surface area contributed by atoms with Crippen LogP contribution < -0.4 is 10.6 Å². The van der Waals surface area contributed by atoms with Gasteiger partial charge < -0.3 is 15.4 Å². The SMILES string of the molecule is COCCn1cc(-c2cc3nccnc3c(NCC3CCCNC3)n2)cn1.S. The number of aromatic nitrogens is 5. The molecule has 1 aliphatic heterocycles. The molecule has 4 heterocycles. The summed E-state index contributed by atoms with van der Waals surface area (Å²) in [5.74, 6) is 1.39. The number of methoxy groups -OCH3 is 1. The number of hydrogen-bond donors (Lipinski definition) is 2. The van der Waals surface area contributed by atoms with E-state index in [1.807, 2.05) is 23.1 Å². The number of hydrogen-bond acceptors (Lipinski definition) is 7. The summed E-state index contributed by atoms with van der Waals surface area (Å²) in [6.45, 7) is 4.38. The molecule has 8 nitrogen and oxygen atoms in total. The van der Waals surface area contributed by atoms with Gasteiger partial charge in [0.1, 0.15) is 5.52 Å². The molecular formula is C19H27N7OS. The Balaban J connectivity index is 0.00000225. The Morgan fingerprint density at radius 2 is 2.21 bits per heavy atom. The van der Waals surface area contributed by atoms with Crippen molar-refractivity contribution in [2.24, 2.45) is 5.92 Å². The van der Waals surface area contributed by atoms with Gasteiger partial charge in [-0.15, -0.1) is 0 Å². The highest BCUT2D eigenvalue weighted by Gasteiger charge is 2.15. The van der Waals surface area contributed by atoms with Crippen molar-refractivity contribution in [2.75, 3.05) is 38.7 Å². The molecule has 1 fully saturated rings. The van der Waals surface area contributed by atoms with E-state index in [1.54, 1.807) is 19.5 Å². The van der Waals surface area contributed by atoms with Gasteiger partial charge in [0.15, 0.2) is 5.82 Å². The monoisotopic (exact) mass is 401 g/mol. The molecule has 0 spiro atoms. The fourth-order valence-electron chi connectivity index (χ4n) is 3.39. The second-order valence-electron chi connectivity index (χ2n) is 6.86. The predicted molar refractivity (Wildman–Crippen MR) is 115 cm³/mol. The van der Waals surface area contributed by atoms with Gasteiger partial charge in [0, 0.05) is 37.8 Å². The van der Waals surface area contributed by atoms with Gasteiger partial charge in [-0.1, -0.05) is 0 Å². The minimum Gasteiger partial charge on any atom is -0.383 e. The molecule has 4 rings (SSSR count). The number of nitrogens with zero attached hydrogens (tertiary/aromatic N) is 5. The number of pyridine rings is 1. The molecule has 28 heavy (non-hydrogen) atoms. The van der Waals surface area contributed by atoms with Crippen molar-refractivity contribution in [3.8, 4) is 11.3 Å². The van der Waals surface area contributed by atoms with Crippen LogP contribution in [0.3, 0.4) is 0 Å². The van der Waals surface area contributed by atoms with Gasteiger partial charge >= 0.3 is 0 Å². The Hall–Kier alpha value is -2.23. The molecule has 1 saturated heterocycles. The van der Waals surface area contributed by atoms with Crippen molar-refractivity contribution in [2.45, 2.75) is 19.4 Å². The van der Waals surface area contributed by atoms with E-state index >= 15 is 0 Å². The summed E-state index contributed by atoms with van der Waals surface area (Å²) in [5.41, 5.74) is 3.44. The van der Waals surface area contributed by atoms with E-state index in [0.717, 1.165) is 47.7 Å². The molecule has 0 amide bonds. The first kappa shape index (κ1) is 20.5. The number of anilines is 1. The third-order valence-electron chi connectivity index (χ3n) is 4.87. The van der Waals surface area contributed by atoms with E-state index in [9.17, 15) is 0 Å². The molecule has 0 aliphatic carbocycles. The number of nitrogens with one attached hydrogen (secondary N) is 2. The van der Waals surface area contributed by atoms with Crippen LogP contribution in [-0.4, -0.2) is 58.1 Å². The second-order valence-corrected chi connectivity index (χ2v) is 6.86. The van der Waals surface area contributed by atoms with Crippen LogP contribution >= 0.6 is 13.5 Å². The molecule has 150 valence electrons. The predicted octanol–water partition coefficient (Wildman–Crippen LogP) is 2.06. The molecule has 1 atom stereocenters. The summed E-state index contributed by atoms with van der Waals surface area (Å²) in [5, 5.41) is 11.4. The van der Waals surface area contributed by atoms with Gasteiger partial charge in [-0.2, -0.15) is 18.6 Å². The number of rotatable bonds is 7. The summed E-state index contributed by atoms with van der Waals surface area (Å²) in [6, 6.07) is 1.97. The van der Waals surface area contributed by atoms with Crippen LogP contribution in [0.2, 0.25) is 0 Å². The molecule has 0 aromatic carbocycles. The van der Waals surface area contributed by atoms with Crippen molar-refractivity contribution in [1.82, 2.24) is 30.0 Å². The Morgan fingerprint density at radius 3 is 3.04 bits per heavy atom. The smallest absolute Gasteiger partial charge is 0.154 e. The first-order chi connectivity index (χ1) is 13.3. The van der Waals surface area contributed by atoms with Gasteiger partial charge in [-0.25, -0.2) is 9.97 Å². The topological polar surface area (TPSA) is 89.8 Å². The van der Waals surface area contributed by atoms with Crippen LogP contribution in [0.1, 0.15) is 12.8 Å². The Bertz CT molecular complexity index is 895. The molecule has 0 bridgehead atoms. The fourth-order valence-corrected chi connectivity index (χ4v) is 3.39. The summed E-state index contributed by atoms with van der Waals surface area (Å²) >= 11 is 0. The quantitative estimate of drug-likeness (QED) is 0.626. The maximum absolute atomic E-state index is 5.12. The minimum atomic E-state index is 0. The molecule has 1 aliphatic rings. The summed E-state index contributed by atoms with van der Waals surface area (Å²) < 4.78 is 6.98. The summed E-state index contributed by atoms with van der Waals surface area (Å²) in [4.78, 5) is 13.8. The average Bonchev–Trinajstić information content (AvgIpc) is 3.20. The molecule has 3 aromatic rings. The number of ether oxygens (including phenoxy) is 1. The van der Waals surface area contributed by atoms with Gasteiger partial charge in [0.2, 0.25) is 0 Å². The molecule has 0 radical (unpaired) electrons. The second kappa shape index (κ2) is 9.81.